The summed E-state index contributed by atoms with van der Waals surface area (Å²) in [6, 6.07) is 9.84. The SMILES string of the molecule is CCOC(=O)COc1c(I)cc(Cl)cc1/C=c1\sc2n(c1=O)[C@H](c1ccc(OCC)cc1)C(C(=O)OCC)=C(C)N=2. The summed E-state index contributed by atoms with van der Waals surface area (Å²) in [5.74, 6) is 0.00940. The lowest BCUT2D eigenvalue weighted by molar-refractivity contribution is -0.145. The Hall–Kier alpha value is -3.16. The number of aromatic nitrogens is 1. The zero-order valence-corrected chi connectivity index (χ0v) is 26.6. The van der Waals surface area contributed by atoms with Crippen LogP contribution >= 0.6 is 45.5 Å². The second-order valence-electron chi connectivity index (χ2n) is 8.70. The van der Waals surface area contributed by atoms with Crippen molar-refractivity contribution >= 4 is 63.5 Å². The van der Waals surface area contributed by atoms with Crippen LogP contribution in [0.3, 0.4) is 0 Å². The molecule has 1 aliphatic rings. The van der Waals surface area contributed by atoms with Crippen LogP contribution in [0, 0.1) is 3.57 Å². The predicted octanol–water partition coefficient (Wildman–Crippen LogP) is 4.40. The van der Waals surface area contributed by atoms with E-state index in [0.29, 0.717) is 52.9 Å². The molecule has 3 aromatic rings. The molecular weight excluding hydrogens is 683 g/mol. The normalized spacial score (nSPS) is 14.8. The first-order valence-corrected chi connectivity index (χ1v) is 15.2. The third-order valence-corrected chi connectivity index (χ3v) is 7.99. The molecule has 0 bridgehead atoms. The fourth-order valence-electron chi connectivity index (χ4n) is 4.33. The maximum atomic E-state index is 14.0. The molecule has 0 saturated carbocycles. The summed E-state index contributed by atoms with van der Waals surface area (Å²) in [4.78, 5) is 44.1. The summed E-state index contributed by atoms with van der Waals surface area (Å²) < 4.78 is 24.2. The average Bonchev–Trinajstić information content (AvgIpc) is 3.22. The zero-order chi connectivity index (χ0) is 29.7. The van der Waals surface area contributed by atoms with Gasteiger partial charge in [0, 0.05) is 10.6 Å². The van der Waals surface area contributed by atoms with Gasteiger partial charge in [0.05, 0.1) is 45.2 Å². The minimum atomic E-state index is -0.762. The molecule has 0 aliphatic carbocycles. The van der Waals surface area contributed by atoms with Crippen molar-refractivity contribution in [1.82, 2.24) is 4.57 Å². The van der Waals surface area contributed by atoms with Gasteiger partial charge in [0.2, 0.25) is 0 Å². The molecule has 4 rings (SSSR count). The Morgan fingerprint density at radius 3 is 2.44 bits per heavy atom. The maximum Gasteiger partial charge on any atom is 0.344 e. The largest absolute Gasteiger partial charge is 0.494 e. The summed E-state index contributed by atoms with van der Waals surface area (Å²) >= 11 is 9.58. The molecule has 1 aromatic heterocycles. The number of ether oxygens (including phenoxy) is 4. The minimum Gasteiger partial charge on any atom is -0.494 e. The number of nitrogens with zero attached hydrogens (tertiary/aromatic N) is 2. The lowest BCUT2D eigenvalue weighted by Crippen LogP contribution is -2.39. The molecule has 12 heteroatoms. The van der Waals surface area contributed by atoms with Gasteiger partial charge >= 0.3 is 11.9 Å². The average molecular weight is 711 g/mol. The summed E-state index contributed by atoms with van der Waals surface area (Å²) in [6.07, 6.45) is 1.65. The lowest BCUT2D eigenvalue weighted by Gasteiger charge is -2.24. The lowest BCUT2D eigenvalue weighted by atomic mass is 9.96. The predicted molar refractivity (Wildman–Crippen MR) is 164 cm³/mol. The number of hydrogen-bond acceptors (Lipinski definition) is 9. The van der Waals surface area contributed by atoms with Crippen molar-refractivity contribution < 1.29 is 28.5 Å². The van der Waals surface area contributed by atoms with Crippen molar-refractivity contribution in [1.29, 1.82) is 0 Å². The number of fused-ring (bicyclic) bond motifs is 1. The van der Waals surface area contributed by atoms with E-state index in [9.17, 15) is 14.4 Å². The van der Waals surface area contributed by atoms with Crippen molar-refractivity contribution in [2.24, 2.45) is 4.99 Å². The second-order valence-corrected chi connectivity index (χ2v) is 11.3. The molecule has 0 radical (unpaired) electrons. The van der Waals surface area contributed by atoms with Gasteiger partial charge in [-0.25, -0.2) is 14.6 Å². The van der Waals surface area contributed by atoms with Gasteiger partial charge in [0.1, 0.15) is 11.5 Å². The Labute approximate surface area is 259 Å². The number of thiazole rings is 1. The summed E-state index contributed by atoms with van der Waals surface area (Å²) in [6.45, 7) is 7.68. The van der Waals surface area contributed by atoms with Crippen molar-refractivity contribution in [2.45, 2.75) is 33.7 Å². The van der Waals surface area contributed by atoms with Crippen molar-refractivity contribution in [2.75, 3.05) is 26.4 Å². The van der Waals surface area contributed by atoms with Crippen LogP contribution in [-0.2, 0) is 19.1 Å². The van der Waals surface area contributed by atoms with E-state index in [-0.39, 0.29) is 31.0 Å². The van der Waals surface area contributed by atoms with Gasteiger partial charge in [-0.1, -0.05) is 35.1 Å². The van der Waals surface area contributed by atoms with E-state index in [1.165, 1.54) is 15.9 Å². The number of benzene rings is 2. The van der Waals surface area contributed by atoms with E-state index in [0.717, 1.165) is 0 Å². The molecule has 2 aromatic carbocycles. The highest BCUT2D eigenvalue weighted by Crippen LogP contribution is 2.33. The van der Waals surface area contributed by atoms with Crippen LogP contribution in [0.1, 0.15) is 44.9 Å². The molecule has 0 amide bonds. The number of allylic oxidation sites excluding steroid dienone is 1. The van der Waals surface area contributed by atoms with Crippen LogP contribution in [0.25, 0.3) is 6.08 Å². The first-order valence-electron chi connectivity index (χ1n) is 12.9. The summed E-state index contributed by atoms with van der Waals surface area (Å²) in [5.41, 5.74) is 1.61. The van der Waals surface area contributed by atoms with Crippen LogP contribution in [0.2, 0.25) is 5.02 Å². The van der Waals surface area contributed by atoms with Gasteiger partial charge < -0.3 is 18.9 Å². The Bertz CT molecular complexity index is 1680. The highest BCUT2D eigenvalue weighted by atomic mass is 127. The molecule has 0 N–H and O–H groups in total. The van der Waals surface area contributed by atoms with E-state index < -0.39 is 18.0 Å². The number of carbonyl (C=O) groups is 2. The van der Waals surface area contributed by atoms with Crippen LogP contribution in [-0.4, -0.2) is 42.9 Å². The zero-order valence-electron chi connectivity index (χ0n) is 22.9. The van der Waals surface area contributed by atoms with Crippen LogP contribution in [0.5, 0.6) is 11.5 Å². The molecule has 41 heavy (non-hydrogen) atoms. The van der Waals surface area contributed by atoms with Crippen LogP contribution < -0.4 is 24.4 Å². The third kappa shape index (κ3) is 6.84. The molecular formula is C29H28ClIN2O7S. The summed E-state index contributed by atoms with van der Waals surface area (Å²) in [7, 11) is 0. The highest BCUT2D eigenvalue weighted by molar-refractivity contribution is 14.1. The molecule has 0 unspecified atom stereocenters. The van der Waals surface area contributed by atoms with Gasteiger partial charge in [-0.2, -0.15) is 0 Å². The number of carbonyl (C=O) groups excluding carboxylic acids is 2. The molecule has 9 nitrogen and oxygen atoms in total. The Morgan fingerprint density at radius 1 is 1.07 bits per heavy atom. The first kappa shape index (κ1) is 30.8. The molecule has 1 aliphatic heterocycles. The van der Waals surface area contributed by atoms with E-state index >= 15 is 0 Å². The smallest absolute Gasteiger partial charge is 0.344 e. The maximum absolute atomic E-state index is 14.0. The van der Waals surface area contributed by atoms with Crippen molar-refractivity contribution in [3.05, 3.63) is 87.1 Å². The highest BCUT2D eigenvalue weighted by Gasteiger charge is 2.33. The molecule has 0 saturated heterocycles. The minimum absolute atomic E-state index is 0.179. The number of hydrogen-bond donors (Lipinski definition) is 0. The van der Waals surface area contributed by atoms with Gasteiger partial charge in [-0.15, -0.1) is 0 Å². The third-order valence-electron chi connectivity index (χ3n) is 5.99. The number of rotatable bonds is 10. The van der Waals surface area contributed by atoms with E-state index in [4.69, 9.17) is 30.5 Å². The van der Waals surface area contributed by atoms with Crippen LogP contribution in [0.15, 0.2) is 57.5 Å². The molecule has 0 fully saturated rings. The van der Waals surface area contributed by atoms with Gasteiger partial charge in [0.25, 0.3) is 5.56 Å². The fraction of sp³-hybridized carbons (Fsp3) is 0.310. The second kappa shape index (κ2) is 13.7. The number of halogens is 2. The molecule has 216 valence electrons. The van der Waals surface area contributed by atoms with E-state index in [1.807, 2.05) is 19.1 Å². The fourth-order valence-corrected chi connectivity index (χ4v) is 6.59. The molecule has 0 spiro atoms. The van der Waals surface area contributed by atoms with Crippen molar-refractivity contribution in [3.8, 4) is 11.5 Å². The first-order chi connectivity index (χ1) is 19.7. The van der Waals surface area contributed by atoms with Crippen molar-refractivity contribution in [3.63, 3.8) is 0 Å². The Kier molecular flexibility index (Phi) is 10.3. The molecule has 1 atom stereocenters. The van der Waals surface area contributed by atoms with E-state index in [1.54, 1.807) is 51.1 Å². The Morgan fingerprint density at radius 2 is 1.78 bits per heavy atom. The summed E-state index contributed by atoms with van der Waals surface area (Å²) in [5, 5.41) is 0.435. The quantitative estimate of drug-likeness (QED) is 0.227. The van der Waals surface area contributed by atoms with Crippen LogP contribution in [0.4, 0.5) is 0 Å². The number of esters is 2. The topological polar surface area (TPSA) is 105 Å². The van der Waals surface area contributed by atoms with Gasteiger partial charge in [-0.3, -0.25) is 9.36 Å². The van der Waals surface area contributed by atoms with Gasteiger partial charge in [0.15, 0.2) is 11.4 Å². The Balaban J connectivity index is 1.88. The standard InChI is InChI=1S/C29H28ClIN2O7S/c1-5-37-20-10-8-17(9-11-20)25-24(28(36)39-7-3)16(4)32-29-33(25)27(35)22(41-29)13-18-12-19(30)14-21(31)26(18)40-15-23(34)38-6-2/h8-14,25H,5-7,15H2,1-4H3/b22-13-/t25-/m1/s1. The van der Waals surface area contributed by atoms with E-state index in [2.05, 4.69) is 27.6 Å². The molecule has 2 heterocycles. The monoisotopic (exact) mass is 710 g/mol. The van der Waals surface area contributed by atoms with Gasteiger partial charge in [-0.05, 0) is 86.2 Å².